The van der Waals surface area contributed by atoms with Gasteiger partial charge in [-0.15, -0.1) is 0 Å². The van der Waals surface area contributed by atoms with Crippen LogP contribution in [0.4, 0.5) is 16.3 Å². The number of alkyl carbamates (subject to hydrolysis) is 1. The summed E-state index contributed by atoms with van der Waals surface area (Å²) in [6, 6.07) is 13.6. The molecule has 0 radical (unpaired) electrons. The summed E-state index contributed by atoms with van der Waals surface area (Å²) in [5.41, 5.74) is 4.20. The fourth-order valence-electron chi connectivity index (χ4n) is 6.48. The summed E-state index contributed by atoms with van der Waals surface area (Å²) in [6.45, 7) is 10.2. The lowest BCUT2D eigenvalue weighted by Gasteiger charge is -2.34. The molecule has 7 rings (SSSR count). The van der Waals surface area contributed by atoms with E-state index in [0.29, 0.717) is 31.1 Å². The fraction of sp³-hybridized carbons (Fsp3) is 0.457. The number of hydrogen-bond acceptors (Lipinski definition) is 9. The van der Waals surface area contributed by atoms with Gasteiger partial charge in [-0.25, -0.2) is 14.8 Å². The van der Waals surface area contributed by atoms with E-state index in [9.17, 15) is 9.59 Å². The smallest absolute Gasteiger partial charge is 0.407 e. The normalized spacial score (nSPS) is 19.5. The number of rotatable bonds is 7. The maximum absolute atomic E-state index is 13.2. The molecule has 3 fully saturated rings. The van der Waals surface area contributed by atoms with Crippen LogP contribution in [0.15, 0.2) is 55.0 Å². The van der Waals surface area contributed by atoms with Gasteiger partial charge >= 0.3 is 6.09 Å². The number of morpholine rings is 1. The third-order valence-electron chi connectivity index (χ3n) is 8.90. The minimum Gasteiger partial charge on any atom is -0.444 e. The average Bonchev–Trinajstić information content (AvgIpc) is 3.62. The summed E-state index contributed by atoms with van der Waals surface area (Å²) in [7, 11) is 0. The van der Waals surface area contributed by atoms with E-state index in [0.717, 1.165) is 79.0 Å². The molecule has 4 aromatic rings. The number of amides is 2. The molecule has 3 N–H and O–H groups in total. The molecule has 1 saturated carbocycles. The van der Waals surface area contributed by atoms with E-state index in [4.69, 9.17) is 9.47 Å². The molecule has 0 unspecified atom stereocenters. The van der Waals surface area contributed by atoms with E-state index < -0.39 is 5.60 Å². The molecule has 12 nitrogen and oxygen atoms in total. The quantitative estimate of drug-likeness (QED) is 0.252. The van der Waals surface area contributed by atoms with Crippen LogP contribution in [-0.4, -0.2) is 86.9 Å². The van der Waals surface area contributed by atoms with Crippen molar-refractivity contribution >= 4 is 34.5 Å². The van der Waals surface area contributed by atoms with Gasteiger partial charge in [-0.3, -0.25) is 14.7 Å². The molecular weight excluding hydrogens is 596 g/mol. The fourth-order valence-corrected chi connectivity index (χ4v) is 6.48. The van der Waals surface area contributed by atoms with Crippen LogP contribution in [0.5, 0.6) is 0 Å². The summed E-state index contributed by atoms with van der Waals surface area (Å²) in [4.78, 5) is 46.9. The van der Waals surface area contributed by atoms with E-state index in [-0.39, 0.29) is 23.6 Å². The molecule has 5 heterocycles. The second-order valence-electron chi connectivity index (χ2n) is 13.9. The van der Waals surface area contributed by atoms with Gasteiger partial charge < -0.3 is 30.0 Å². The van der Waals surface area contributed by atoms with E-state index in [2.05, 4.69) is 46.4 Å². The van der Waals surface area contributed by atoms with E-state index in [1.54, 1.807) is 12.5 Å². The van der Waals surface area contributed by atoms with Crippen LogP contribution in [0.25, 0.3) is 22.3 Å². The molecule has 2 amide bonds. The maximum atomic E-state index is 13.2. The monoisotopic (exact) mass is 638 g/mol. The molecule has 1 spiro atoms. The van der Waals surface area contributed by atoms with Crippen LogP contribution in [0.3, 0.4) is 0 Å². The van der Waals surface area contributed by atoms with Crippen molar-refractivity contribution in [2.45, 2.75) is 70.2 Å². The number of hydrogen-bond donors (Lipinski definition) is 3. The average molecular weight is 639 g/mol. The van der Waals surface area contributed by atoms with Crippen LogP contribution in [0, 0.1) is 0 Å². The van der Waals surface area contributed by atoms with Crippen LogP contribution < -0.4 is 15.5 Å². The molecule has 12 heteroatoms. The number of aromatic nitrogens is 4. The number of carbonyl (C=O) groups excluding carboxylic acids is 2. The predicted molar refractivity (Wildman–Crippen MR) is 179 cm³/mol. The van der Waals surface area contributed by atoms with Crippen LogP contribution in [0.1, 0.15) is 62.5 Å². The Morgan fingerprint density at radius 1 is 1.09 bits per heavy atom. The highest BCUT2D eigenvalue weighted by Gasteiger charge is 2.48. The number of pyridine rings is 1. The first-order valence-electron chi connectivity index (χ1n) is 16.4. The first kappa shape index (κ1) is 31.1. The molecule has 1 atom stereocenters. The molecule has 246 valence electrons. The third-order valence-corrected chi connectivity index (χ3v) is 8.90. The van der Waals surface area contributed by atoms with Gasteiger partial charge in [0.2, 0.25) is 0 Å². The lowest BCUT2D eigenvalue weighted by molar-refractivity contribution is 0.0204. The van der Waals surface area contributed by atoms with Gasteiger partial charge in [0.1, 0.15) is 29.1 Å². The van der Waals surface area contributed by atoms with Crippen LogP contribution in [0.2, 0.25) is 0 Å². The molecule has 3 aliphatic rings. The number of ether oxygens (including phenoxy) is 2. The Hall–Kier alpha value is -4.55. The largest absolute Gasteiger partial charge is 0.444 e. The van der Waals surface area contributed by atoms with Gasteiger partial charge in [0, 0.05) is 49.8 Å². The van der Waals surface area contributed by atoms with Crippen molar-refractivity contribution in [3.63, 3.8) is 0 Å². The van der Waals surface area contributed by atoms with E-state index in [1.807, 2.05) is 57.2 Å². The maximum Gasteiger partial charge on any atom is 0.407 e. The number of aromatic amines is 1. The molecular formula is C35H42N8O4. The summed E-state index contributed by atoms with van der Waals surface area (Å²) in [6.07, 6.45) is 6.98. The van der Waals surface area contributed by atoms with Crippen molar-refractivity contribution < 1.29 is 19.1 Å². The minimum atomic E-state index is -0.533. The Balaban J connectivity index is 0.970. The van der Waals surface area contributed by atoms with Gasteiger partial charge in [0.15, 0.2) is 0 Å². The third kappa shape index (κ3) is 7.39. The van der Waals surface area contributed by atoms with E-state index in [1.165, 1.54) is 0 Å². The summed E-state index contributed by atoms with van der Waals surface area (Å²) < 4.78 is 11.4. The van der Waals surface area contributed by atoms with Crippen LogP contribution >= 0.6 is 0 Å². The molecule has 2 saturated heterocycles. The number of fused-ring (bicyclic) bond motifs is 1. The standard InChI is InChI=1S/C35H42N8O4/c1-34(2,3)47-33(45)40-26-5-4-14-42(20-26)19-23-10-13-36-29(17-23)32(44)39-25-8-6-24(7-9-25)28-18-27-30(41-28)37-22-38-31(27)43-15-16-46-35(21-43)11-12-35/h6-10,13,17-18,22,26H,4-5,11-12,14-16,19-21H2,1-3H3,(H,39,44)(H,40,45)(H,37,38,41)/t26-/m1/s1. The second kappa shape index (κ2) is 12.6. The first-order chi connectivity index (χ1) is 22.6. The van der Waals surface area contributed by atoms with E-state index >= 15 is 0 Å². The number of carbonyl (C=O) groups is 2. The number of anilines is 2. The SMILES string of the molecule is CC(C)(C)OC(=O)N[C@@H]1CCCN(Cc2ccnc(C(=O)Nc3ccc(-c4cc5c(N6CCOC7(CC7)C6)ncnc5[nH]4)cc3)c2)C1. The first-order valence-corrected chi connectivity index (χ1v) is 16.4. The van der Waals surface area contributed by atoms with Gasteiger partial charge in [0.05, 0.1) is 17.6 Å². The van der Waals surface area contributed by atoms with Crippen molar-refractivity contribution in [2.24, 2.45) is 0 Å². The molecule has 1 aromatic carbocycles. The summed E-state index contributed by atoms with van der Waals surface area (Å²) in [5.74, 6) is 0.662. The number of nitrogens with one attached hydrogen (secondary N) is 3. The highest BCUT2D eigenvalue weighted by atomic mass is 16.6. The van der Waals surface area contributed by atoms with Crippen molar-refractivity contribution in [3.05, 3.63) is 66.2 Å². The summed E-state index contributed by atoms with van der Waals surface area (Å²) >= 11 is 0. The lowest BCUT2D eigenvalue weighted by atomic mass is 10.0. The Morgan fingerprint density at radius 2 is 1.91 bits per heavy atom. The number of H-pyrrole nitrogens is 1. The number of benzene rings is 1. The lowest BCUT2D eigenvalue weighted by Crippen LogP contribution is -2.48. The zero-order valence-corrected chi connectivity index (χ0v) is 27.2. The molecule has 1 aliphatic carbocycles. The number of piperidine rings is 1. The minimum absolute atomic E-state index is 0.00486. The Morgan fingerprint density at radius 3 is 2.70 bits per heavy atom. The summed E-state index contributed by atoms with van der Waals surface area (Å²) in [5, 5.41) is 6.97. The number of likely N-dealkylation sites (tertiary alicyclic amines) is 1. The zero-order chi connectivity index (χ0) is 32.6. The van der Waals surface area contributed by atoms with Gasteiger partial charge in [-0.05, 0) is 94.5 Å². The topological polar surface area (TPSA) is 138 Å². The molecule has 2 aliphatic heterocycles. The second-order valence-corrected chi connectivity index (χ2v) is 13.9. The predicted octanol–water partition coefficient (Wildman–Crippen LogP) is 5.13. The van der Waals surface area contributed by atoms with Gasteiger partial charge in [-0.2, -0.15) is 0 Å². The number of nitrogens with zero attached hydrogens (tertiary/aromatic N) is 5. The Bertz CT molecular complexity index is 1760. The molecule has 3 aromatic heterocycles. The van der Waals surface area contributed by atoms with Gasteiger partial charge in [-0.1, -0.05) is 12.1 Å². The van der Waals surface area contributed by atoms with Crippen molar-refractivity contribution in [1.29, 1.82) is 0 Å². The highest BCUT2D eigenvalue weighted by molar-refractivity contribution is 6.03. The highest BCUT2D eigenvalue weighted by Crippen LogP contribution is 2.43. The Kier molecular flexibility index (Phi) is 8.31. The van der Waals surface area contributed by atoms with Crippen molar-refractivity contribution in [2.75, 3.05) is 43.0 Å². The zero-order valence-electron chi connectivity index (χ0n) is 27.2. The molecule has 0 bridgehead atoms. The van der Waals surface area contributed by atoms with Crippen molar-refractivity contribution in [1.82, 2.24) is 30.2 Å². The van der Waals surface area contributed by atoms with Crippen molar-refractivity contribution in [3.8, 4) is 11.3 Å². The van der Waals surface area contributed by atoms with Crippen LogP contribution in [-0.2, 0) is 16.0 Å². The molecule has 47 heavy (non-hydrogen) atoms. The van der Waals surface area contributed by atoms with Gasteiger partial charge in [0.25, 0.3) is 5.91 Å². The Labute approximate surface area is 274 Å².